The van der Waals surface area contributed by atoms with Gasteiger partial charge in [0.05, 0.1) is 36.3 Å². The summed E-state index contributed by atoms with van der Waals surface area (Å²) >= 11 is 0. The third-order valence-electron chi connectivity index (χ3n) is 12.4. The van der Waals surface area contributed by atoms with Crippen molar-refractivity contribution in [1.29, 1.82) is 0 Å². The van der Waals surface area contributed by atoms with Crippen LogP contribution in [0.3, 0.4) is 0 Å². The van der Waals surface area contributed by atoms with E-state index in [1.54, 1.807) is 6.07 Å². The van der Waals surface area contributed by atoms with Gasteiger partial charge >= 0.3 is 0 Å². The number of fused-ring (bicyclic) bond motifs is 7. The van der Waals surface area contributed by atoms with Crippen molar-refractivity contribution in [3.8, 4) is 39.6 Å². The quantitative estimate of drug-likeness (QED) is 0.0907. The third-order valence-corrected chi connectivity index (χ3v) is 14.3. The van der Waals surface area contributed by atoms with E-state index >= 15 is 0 Å². The van der Waals surface area contributed by atoms with E-state index in [1.165, 1.54) is 66.8 Å². The second-order valence-electron chi connectivity index (χ2n) is 18.5. The predicted octanol–water partition coefficient (Wildman–Crippen LogP) is 15.2. The summed E-state index contributed by atoms with van der Waals surface area (Å²) in [6.45, 7) is 15.9. The maximum Gasteiger partial charge on any atom is 0.121 e. The van der Waals surface area contributed by atoms with Crippen LogP contribution >= 0.6 is 0 Å². The first-order valence-electron chi connectivity index (χ1n) is 22.3. The molecule has 0 aliphatic rings. The molecule has 0 bridgehead atoms. The fourth-order valence-corrected chi connectivity index (χ4v) is 9.75. The van der Waals surface area contributed by atoms with E-state index < -0.39 is 8.07 Å². The molecule has 3 heterocycles. The summed E-state index contributed by atoms with van der Waals surface area (Å²) in [5.74, 6) is 1.69. The molecule has 0 aliphatic heterocycles. The molecule has 0 atom stereocenters. The molecule has 3 aromatic heterocycles. The topological polar surface area (TPSA) is 56.7 Å². The van der Waals surface area contributed by atoms with E-state index in [-0.39, 0.29) is 37.8 Å². The summed E-state index contributed by atoms with van der Waals surface area (Å²) in [6.07, 6.45) is 3.73. The molecule has 0 spiro atoms. The Morgan fingerprint density at radius 1 is 0.636 bits per heavy atom. The molecule has 1 radical (unpaired) electrons. The van der Waals surface area contributed by atoms with Gasteiger partial charge in [-0.25, -0.2) is 0 Å². The van der Waals surface area contributed by atoms with Gasteiger partial charge in [-0.05, 0) is 97.2 Å². The number of benzene rings is 8. The van der Waals surface area contributed by atoms with Gasteiger partial charge in [0.1, 0.15) is 5.58 Å². The molecule has 0 fully saturated rings. The Hall–Kier alpha value is -6.57. The van der Waals surface area contributed by atoms with Crippen LogP contribution < -0.4 is 5.19 Å². The number of hydrogen-bond donors (Lipinski definition) is 0. The Kier molecular flexibility index (Phi) is 12.2. The minimum atomic E-state index is -1.36. The zero-order valence-electron chi connectivity index (χ0n) is 38.1. The van der Waals surface area contributed by atoms with Gasteiger partial charge in [-0.15, -0.1) is 48.0 Å². The van der Waals surface area contributed by atoms with Crippen molar-refractivity contribution in [2.75, 3.05) is 0 Å². The number of halogens is 1. The molecular formula is C58H49FIrN4OSi-2. The average Bonchev–Trinajstić information content (AvgIpc) is 3.89. The zero-order chi connectivity index (χ0) is 45.0. The molecule has 5 nitrogen and oxygen atoms in total. The van der Waals surface area contributed by atoms with Crippen LogP contribution in [-0.2, 0) is 20.1 Å². The Bertz CT molecular complexity index is 3510. The smallest absolute Gasteiger partial charge is 0.121 e. The Labute approximate surface area is 399 Å². The molecule has 0 unspecified atom stereocenters. The molecule has 11 aromatic rings. The van der Waals surface area contributed by atoms with E-state index in [9.17, 15) is 4.39 Å². The van der Waals surface area contributed by atoms with Crippen LogP contribution in [-0.4, -0.2) is 27.6 Å². The predicted molar refractivity (Wildman–Crippen MR) is 270 cm³/mol. The molecule has 8 aromatic carbocycles. The molecule has 0 amide bonds. The Morgan fingerprint density at radius 3 is 2.02 bits per heavy atom. The largest absolute Gasteiger partial charge is 0.501 e. The molecule has 11 rings (SSSR count). The maximum atomic E-state index is 12.8. The molecule has 329 valence electrons. The molecular weight excluding hydrogens is 1010 g/mol. The van der Waals surface area contributed by atoms with Crippen LogP contribution in [0.4, 0.5) is 4.39 Å². The van der Waals surface area contributed by atoms with E-state index in [0.29, 0.717) is 11.4 Å². The Balaban J connectivity index is 0.000000257. The van der Waals surface area contributed by atoms with Crippen LogP contribution in [0, 0.1) is 17.9 Å². The van der Waals surface area contributed by atoms with Crippen LogP contribution in [0.2, 0.25) is 19.6 Å². The van der Waals surface area contributed by atoms with Crippen LogP contribution in [0.5, 0.6) is 0 Å². The van der Waals surface area contributed by atoms with Crippen molar-refractivity contribution in [2.45, 2.75) is 59.2 Å². The number of para-hydroxylation sites is 2. The summed E-state index contributed by atoms with van der Waals surface area (Å²) in [7, 11) is -1.36. The molecule has 0 N–H and O–H groups in total. The summed E-state index contributed by atoms with van der Waals surface area (Å²) in [5.41, 5.74) is 11.5. The number of nitrogens with zero attached hydrogens (tertiary/aromatic N) is 4. The number of aromatic nitrogens is 4. The summed E-state index contributed by atoms with van der Waals surface area (Å²) in [4.78, 5) is 14.0. The maximum absolute atomic E-state index is 12.8. The standard InChI is InChI=1S/C45H35N2O.C13H14FN2Si.Ir/c1-27(2)36-24-32(29-13-6-5-7-14-29)25-37(28(3)4)43(36)47-41-20-11-10-19-40(41)46-45(47)35-18-12-17-34-39-23-31-22-21-30-15-8-9-16-33(30)38(31)26-42(39)48-44(34)35;1-17(2,3)12-8-15-13(16-9-12)10-4-6-11(14)7-5-10;/h5-17,19-28H,1-4H3;4,6-9H,1-3H3;/q2*-1;. The van der Waals surface area contributed by atoms with Crippen molar-refractivity contribution < 1.29 is 28.9 Å². The van der Waals surface area contributed by atoms with Gasteiger partial charge in [-0.3, -0.25) is 19.3 Å². The summed E-state index contributed by atoms with van der Waals surface area (Å²) < 4.78 is 22.0. The van der Waals surface area contributed by atoms with Gasteiger partial charge in [0.25, 0.3) is 0 Å². The van der Waals surface area contributed by atoms with Gasteiger partial charge in [-0.1, -0.05) is 137 Å². The average molecular weight is 1060 g/mol. The Morgan fingerprint density at radius 2 is 1.32 bits per heavy atom. The first kappa shape index (κ1) is 44.6. The fourth-order valence-electron chi connectivity index (χ4n) is 8.84. The number of imidazole rings is 1. The van der Waals surface area contributed by atoms with Crippen LogP contribution in [0.1, 0.15) is 50.7 Å². The van der Waals surface area contributed by atoms with Crippen molar-refractivity contribution in [3.63, 3.8) is 0 Å². The SMILES string of the molecule is CC(C)c1cc(-c2ccccc2)cc(C(C)C)c1-n1c(-c2[c-]ccc3c2oc2cc4c(ccc5ccccc54)cc23)nc2ccccc21.C[Si](C)(C)c1cnc(-c2[c-]cc(F)cc2)nc1.[Ir]. The second-order valence-corrected chi connectivity index (χ2v) is 23.5. The van der Waals surface area contributed by atoms with Crippen LogP contribution in [0.15, 0.2) is 162 Å². The molecule has 8 heteroatoms. The normalized spacial score (nSPS) is 11.8. The van der Waals surface area contributed by atoms with E-state index in [1.807, 2.05) is 18.5 Å². The first-order valence-corrected chi connectivity index (χ1v) is 25.8. The molecule has 0 saturated carbocycles. The molecule has 66 heavy (non-hydrogen) atoms. The zero-order valence-corrected chi connectivity index (χ0v) is 41.5. The number of rotatable bonds is 7. The summed E-state index contributed by atoms with van der Waals surface area (Å²) in [6, 6.07) is 56.2. The van der Waals surface area contributed by atoms with Gasteiger partial charge in [0.2, 0.25) is 0 Å². The number of furan rings is 1. The van der Waals surface area contributed by atoms with E-state index in [0.717, 1.165) is 44.4 Å². The number of hydrogen-bond acceptors (Lipinski definition) is 4. The third kappa shape index (κ3) is 8.30. The van der Waals surface area contributed by atoms with Gasteiger partial charge in [0, 0.05) is 49.4 Å². The summed E-state index contributed by atoms with van der Waals surface area (Å²) in [5, 5.41) is 8.23. The van der Waals surface area contributed by atoms with E-state index in [4.69, 9.17) is 9.40 Å². The fraction of sp³-hybridized carbons (Fsp3) is 0.155. The van der Waals surface area contributed by atoms with E-state index in [2.05, 4.69) is 195 Å². The van der Waals surface area contributed by atoms with Gasteiger partial charge < -0.3 is 8.98 Å². The second kappa shape index (κ2) is 18.0. The van der Waals surface area contributed by atoms with Crippen LogP contribution in [0.25, 0.3) is 94.1 Å². The minimum Gasteiger partial charge on any atom is -0.501 e. The molecule has 0 aliphatic carbocycles. The van der Waals surface area contributed by atoms with Gasteiger partial charge in [-0.2, -0.15) is 0 Å². The van der Waals surface area contributed by atoms with Crippen molar-refractivity contribution in [3.05, 3.63) is 187 Å². The first-order chi connectivity index (χ1) is 31.4. The minimum absolute atomic E-state index is 0. The van der Waals surface area contributed by atoms with Crippen molar-refractivity contribution in [2.24, 2.45) is 0 Å². The molecule has 0 saturated heterocycles. The van der Waals surface area contributed by atoms with Crippen molar-refractivity contribution >= 4 is 67.8 Å². The monoisotopic (exact) mass is 1060 g/mol. The van der Waals surface area contributed by atoms with Gasteiger partial charge in [0.15, 0.2) is 0 Å². The van der Waals surface area contributed by atoms with Crippen molar-refractivity contribution in [1.82, 2.24) is 19.5 Å².